The standard InChI is InChI=1S/C12H12ClNO3/c1-2-5-10(12(16)17)14-11(15)8-6-3-4-7-9(8)13/h2-4,6-7,10H,1,5H2,(H,14,15)(H,16,17)/t10-/m0/s1. The predicted molar refractivity (Wildman–Crippen MR) is 65.2 cm³/mol. The molecule has 0 saturated carbocycles. The van der Waals surface area contributed by atoms with E-state index in [2.05, 4.69) is 11.9 Å². The van der Waals surface area contributed by atoms with E-state index in [1.807, 2.05) is 0 Å². The van der Waals surface area contributed by atoms with Gasteiger partial charge in [-0.2, -0.15) is 0 Å². The summed E-state index contributed by atoms with van der Waals surface area (Å²) in [6, 6.07) is 5.46. The Morgan fingerprint density at radius 3 is 2.65 bits per heavy atom. The van der Waals surface area contributed by atoms with Crippen molar-refractivity contribution in [1.29, 1.82) is 0 Å². The van der Waals surface area contributed by atoms with Gasteiger partial charge in [-0.15, -0.1) is 6.58 Å². The number of carboxylic acid groups (broad SMARTS) is 1. The third kappa shape index (κ3) is 3.60. The topological polar surface area (TPSA) is 66.4 Å². The maximum atomic E-state index is 11.8. The molecule has 90 valence electrons. The highest BCUT2D eigenvalue weighted by molar-refractivity contribution is 6.33. The van der Waals surface area contributed by atoms with Gasteiger partial charge in [-0.3, -0.25) is 4.79 Å². The fraction of sp³-hybridized carbons (Fsp3) is 0.167. The Bertz CT molecular complexity index is 445. The average molecular weight is 254 g/mol. The molecule has 1 aromatic rings. The molecule has 0 unspecified atom stereocenters. The van der Waals surface area contributed by atoms with Crippen LogP contribution in [0.2, 0.25) is 5.02 Å². The summed E-state index contributed by atoms with van der Waals surface area (Å²) in [5.74, 6) is -1.62. The van der Waals surface area contributed by atoms with E-state index in [1.165, 1.54) is 12.1 Å². The zero-order valence-corrected chi connectivity index (χ0v) is 9.78. The van der Waals surface area contributed by atoms with Gasteiger partial charge in [0.2, 0.25) is 0 Å². The summed E-state index contributed by atoms with van der Waals surface area (Å²) in [5.41, 5.74) is 0.254. The molecule has 0 aliphatic rings. The molecule has 0 bridgehead atoms. The van der Waals surface area contributed by atoms with Crippen LogP contribution in [0, 0.1) is 0 Å². The highest BCUT2D eigenvalue weighted by atomic mass is 35.5. The molecule has 1 amide bonds. The molecule has 5 heteroatoms. The van der Waals surface area contributed by atoms with Gasteiger partial charge in [-0.1, -0.05) is 29.8 Å². The number of carbonyl (C=O) groups excluding carboxylic acids is 1. The van der Waals surface area contributed by atoms with Gasteiger partial charge >= 0.3 is 5.97 Å². The predicted octanol–water partition coefficient (Wildman–Crippen LogP) is 2.10. The first-order chi connectivity index (χ1) is 8.06. The first-order valence-electron chi connectivity index (χ1n) is 4.95. The van der Waals surface area contributed by atoms with Crippen LogP contribution in [0.25, 0.3) is 0 Å². The van der Waals surface area contributed by atoms with Crippen molar-refractivity contribution < 1.29 is 14.7 Å². The van der Waals surface area contributed by atoms with Crippen molar-refractivity contribution in [3.8, 4) is 0 Å². The van der Waals surface area contributed by atoms with Gasteiger partial charge in [0.15, 0.2) is 0 Å². The van der Waals surface area contributed by atoms with Gasteiger partial charge < -0.3 is 10.4 Å². The molecular formula is C12H12ClNO3. The summed E-state index contributed by atoms with van der Waals surface area (Å²) in [5, 5.41) is 11.5. The SMILES string of the molecule is C=CC[C@H](NC(=O)c1ccccc1Cl)C(=O)O. The third-order valence-corrected chi connectivity index (χ3v) is 2.45. The second kappa shape index (κ2) is 6.06. The molecule has 0 fully saturated rings. The van der Waals surface area contributed by atoms with Crippen LogP contribution >= 0.6 is 11.6 Å². The Morgan fingerprint density at radius 2 is 2.12 bits per heavy atom. The summed E-state index contributed by atoms with van der Waals surface area (Å²) in [6.07, 6.45) is 1.59. The highest BCUT2D eigenvalue weighted by Gasteiger charge is 2.20. The minimum Gasteiger partial charge on any atom is -0.480 e. The van der Waals surface area contributed by atoms with Crippen molar-refractivity contribution >= 4 is 23.5 Å². The molecule has 2 N–H and O–H groups in total. The van der Waals surface area contributed by atoms with E-state index in [0.717, 1.165) is 0 Å². The van der Waals surface area contributed by atoms with E-state index in [4.69, 9.17) is 16.7 Å². The van der Waals surface area contributed by atoms with E-state index >= 15 is 0 Å². The van der Waals surface area contributed by atoms with Crippen molar-refractivity contribution in [2.45, 2.75) is 12.5 Å². The molecule has 1 aromatic carbocycles. The number of rotatable bonds is 5. The molecular weight excluding hydrogens is 242 g/mol. The van der Waals surface area contributed by atoms with Crippen LogP contribution in [0.3, 0.4) is 0 Å². The van der Waals surface area contributed by atoms with Crippen molar-refractivity contribution in [2.24, 2.45) is 0 Å². The minimum absolute atomic E-state index is 0.158. The third-order valence-electron chi connectivity index (χ3n) is 2.12. The molecule has 0 heterocycles. The molecule has 0 spiro atoms. The first kappa shape index (κ1) is 13.3. The lowest BCUT2D eigenvalue weighted by Crippen LogP contribution is -2.40. The molecule has 0 aliphatic heterocycles. The van der Waals surface area contributed by atoms with Gasteiger partial charge in [0, 0.05) is 0 Å². The second-order valence-electron chi connectivity index (χ2n) is 3.37. The van der Waals surface area contributed by atoms with Crippen LogP contribution in [-0.4, -0.2) is 23.0 Å². The van der Waals surface area contributed by atoms with Gasteiger partial charge in [-0.05, 0) is 18.6 Å². The van der Waals surface area contributed by atoms with E-state index in [1.54, 1.807) is 18.2 Å². The van der Waals surface area contributed by atoms with Gasteiger partial charge in [0.25, 0.3) is 5.91 Å². The summed E-state index contributed by atoms with van der Waals surface area (Å²) in [4.78, 5) is 22.6. The zero-order valence-electron chi connectivity index (χ0n) is 9.02. The van der Waals surface area contributed by atoms with Crippen LogP contribution in [-0.2, 0) is 4.79 Å². The number of hydrogen-bond donors (Lipinski definition) is 2. The van der Waals surface area contributed by atoms with Crippen molar-refractivity contribution in [3.63, 3.8) is 0 Å². The van der Waals surface area contributed by atoms with Crippen molar-refractivity contribution in [3.05, 3.63) is 47.5 Å². The zero-order chi connectivity index (χ0) is 12.8. The molecule has 4 nitrogen and oxygen atoms in total. The highest BCUT2D eigenvalue weighted by Crippen LogP contribution is 2.14. The summed E-state index contributed by atoms with van der Waals surface area (Å²) in [6.45, 7) is 3.44. The number of amides is 1. The number of carbonyl (C=O) groups is 2. The molecule has 0 aliphatic carbocycles. The first-order valence-corrected chi connectivity index (χ1v) is 5.33. The largest absolute Gasteiger partial charge is 0.480 e. The Kier molecular flexibility index (Phi) is 4.72. The molecule has 0 aromatic heterocycles. The average Bonchev–Trinajstić information content (AvgIpc) is 2.28. The van der Waals surface area contributed by atoms with Crippen molar-refractivity contribution in [1.82, 2.24) is 5.32 Å². The van der Waals surface area contributed by atoms with Crippen LogP contribution in [0.5, 0.6) is 0 Å². The Hall–Kier alpha value is -1.81. The number of nitrogens with one attached hydrogen (secondary N) is 1. The summed E-state index contributed by atoms with van der Waals surface area (Å²) < 4.78 is 0. The fourth-order valence-corrected chi connectivity index (χ4v) is 1.49. The summed E-state index contributed by atoms with van der Waals surface area (Å²) in [7, 11) is 0. The molecule has 1 atom stereocenters. The lowest BCUT2D eigenvalue weighted by atomic mass is 10.1. The van der Waals surface area contributed by atoms with Crippen LogP contribution in [0.4, 0.5) is 0 Å². The van der Waals surface area contributed by atoms with Crippen molar-refractivity contribution in [2.75, 3.05) is 0 Å². The lowest BCUT2D eigenvalue weighted by molar-refractivity contribution is -0.139. The van der Waals surface area contributed by atoms with E-state index < -0.39 is 17.9 Å². The lowest BCUT2D eigenvalue weighted by Gasteiger charge is -2.13. The quantitative estimate of drug-likeness (QED) is 0.790. The Morgan fingerprint density at radius 1 is 1.47 bits per heavy atom. The van der Waals surface area contributed by atoms with Crippen LogP contribution < -0.4 is 5.32 Å². The Balaban J connectivity index is 2.81. The molecule has 17 heavy (non-hydrogen) atoms. The number of benzene rings is 1. The second-order valence-corrected chi connectivity index (χ2v) is 3.78. The van der Waals surface area contributed by atoms with E-state index in [9.17, 15) is 9.59 Å². The number of aliphatic carboxylic acids is 1. The van der Waals surface area contributed by atoms with Crippen LogP contribution in [0.15, 0.2) is 36.9 Å². The number of halogens is 1. The van der Waals surface area contributed by atoms with E-state index in [0.29, 0.717) is 0 Å². The van der Waals surface area contributed by atoms with E-state index in [-0.39, 0.29) is 17.0 Å². The number of hydrogen-bond acceptors (Lipinski definition) is 2. The summed E-state index contributed by atoms with van der Waals surface area (Å²) >= 11 is 5.83. The van der Waals surface area contributed by atoms with Gasteiger partial charge in [0.1, 0.15) is 6.04 Å². The Labute approximate surface area is 104 Å². The minimum atomic E-state index is -1.11. The molecule has 1 rings (SSSR count). The molecule has 0 saturated heterocycles. The fourth-order valence-electron chi connectivity index (χ4n) is 1.27. The normalized spacial score (nSPS) is 11.6. The monoisotopic (exact) mass is 253 g/mol. The molecule has 0 radical (unpaired) electrons. The van der Waals surface area contributed by atoms with Gasteiger partial charge in [-0.25, -0.2) is 4.79 Å². The maximum absolute atomic E-state index is 11.8. The smallest absolute Gasteiger partial charge is 0.326 e. The van der Waals surface area contributed by atoms with Crippen LogP contribution in [0.1, 0.15) is 16.8 Å². The maximum Gasteiger partial charge on any atom is 0.326 e. The number of carboxylic acids is 1. The van der Waals surface area contributed by atoms with Gasteiger partial charge in [0.05, 0.1) is 10.6 Å².